The maximum Gasteiger partial charge on any atom is 0.298 e. The van der Waals surface area contributed by atoms with Gasteiger partial charge < -0.3 is 15.2 Å². The number of nitrogens with zero attached hydrogens (tertiary/aromatic N) is 2. The summed E-state index contributed by atoms with van der Waals surface area (Å²) in [6.07, 6.45) is 0.507. The van der Waals surface area contributed by atoms with E-state index in [1.54, 1.807) is 36.4 Å². The van der Waals surface area contributed by atoms with Crippen LogP contribution < -0.4 is 10.1 Å². The van der Waals surface area contributed by atoms with Crippen molar-refractivity contribution in [1.82, 2.24) is 0 Å². The lowest BCUT2D eigenvalue weighted by Gasteiger charge is -2.12. The van der Waals surface area contributed by atoms with Gasteiger partial charge in [0.05, 0.1) is 22.2 Å². The number of nitrogens with one attached hydrogen (secondary N) is 1. The summed E-state index contributed by atoms with van der Waals surface area (Å²) in [4.78, 5) is 12.6. The normalized spacial score (nSPS) is 11.7. The number of phenolic OH excluding ortho intramolecular Hbond substituents is 1. The number of amides is 1. The number of carbonyl (C=O) groups is 1. The van der Waals surface area contributed by atoms with E-state index in [1.807, 2.05) is 13.8 Å². The Morgan fingerprint density at radius 3 is 2.41 bits per heavy atom. The Balaban J connectivity index is 1.80. The van der Waals surface area contributed by atoms with Crippen LogP contribution in [0.5, 0.6) is 11.5 Å². The molecule has 0 aliphatic carbocycles. The van der Waals surface area contributed by atoms with Crippen molar-refractivity contribution in [3.05, 3.63) is 81.8 Å². The fourth-order valence-corrected chi connectivity index (χ4v) is 5.35. The van der Waals surface area contributed by atoms with Crippen LogP contribution >= 0.6 is 23.2 Å². The zero-order valence-corrected chi connectivity index (χ0v) is 23.1. The van der Waals surface area contributed by atoms with Crippen molar-refractivity contribution in [3.8, 4) is 11.5 Å². The Labute approximate surface area is 234 Å². The van der Waals surface area contributed by atoms with Crippen molar-refractivity contribution in [2.75, 3.05) is 11.9 Å². The molecule has 1 amide bonds. The molecule has 0 aliphatic heterocycles. The van der Waals surface area contributed by atoms with E-state index in [2.05, 4.69) is 15.5 Å². The maximum atomic E-state index is 13.2. The lowest BCUT2D eigenvalue weighted by atomic mass is 10.0. The maximum absolute atomic E-state index is 13.2. The first-order chi connectivity index (χ1) is 18.5. The van der Waals surface area contributed by atoms with Gasteiger partial charge in [0.1, 0.15) is 22.0 Å². The van der Waals surface area contributed by atoms with E-state index in [0.29, 0.717) is 45.8 Å². The van der Waals surface area contributed by atoms with Crippen LogP contribution in [0.2, 0.25) is 10.0 Å². The van der Waals surface area contributed by atoms with E-state index in [0.717, 1.165) is 0 Å². The summed E-state index contributed by atoms with van der Waals surface area (Å²) < 4.78 is 39.2. The average Bonchev–Trinajstić information content (AvgIpc) is 2.88. The highest BCUT2D eigenvalue weighted by Gasteiger charge is 2.23. The average molecular weight is 588 g/mol. The van der Waals surface area contributed by atoms with Crippen LogP contribution in [0.15, 0.2) is 75.8 Å². The molecule has 4 rings (SSSR count). The molecule has 39 heavy (non-hydrogen) atoms. The summed E-state index contributed by atoms with van der Waals surface area (Å²) >= 11 is 12.4. The first kappa shape index (κ1) is 28.3. The zero-order valence-electron chi connectivity index (χ0n) is 20.8. The van der Waals surface area contributed by atoms with Crippen molar-refractivity contribution in [2.24, 2.45) is 10.2 Å². The number of ether oxygens (including phenoxy) is 1. The fraction of sp³-hybridized carbons (Fsp3) is 0.148. The number of aryl methyl sites for hydroxylation is 1. The summed E-state index contributed by atoms with van der Waals surface area (Å²) in [5, 5.41) is 23.0. The van der Waals surface area contributed by atoms with Crippen molar-refractivity contribution in [1.29, 1.82) is 0 Å². The molecule has 0 radical (unpaired) electrons. The molecule has 12 heteroatoms. The quantitative estimate of drug-likeness (QED) is 0.142. The van der Waals surface area contributed by atoms with Crippen molar-refractivity contribution >= 4 is 67.1 Å². The molecule has 0 bridgehead atoms. The largest absolute Gasteiger partial charge is 0.505 e. The van der Waals surface area contributed by atoms with Gasteiger partial charge in [0.2, 0.25) is 0 Å². The van der Waals surface area contributed by atoms with E-state index in [-0.39, 0.29) is 22.0 Å². The van der Waals surface area contributed by atoms with Gasteiger partial charge in [-0.2, -0.15) is 8.42 Å². The topological polar surface area (TPSA) is 138 Å². The third-order valence-electron chi connectivity index (χ3n) is 5.74. The highest BCUT2D eigenvalue weighted by molar-refractivity contribution is 7.86. The van der Waals surface area contributed by atoms with E-state index in [4.69, 9.17) is 27.9 Å². The second-order valence-corrected chi connectivity index (χ2v) is 10.5. The number of aromatic hydroxyl groups is 1. The Hall–Kier alpha value is -3.70. The molecule has 0 saturated heterocycles. The highest BCUT2D eigenvalue weighted by Crippen LogP contribution is 2.41. The minimum atomic E-state index is -4.74. The predicted molar refractivity (Wildman–Crippen MR) is 151 cm³/mol. The molecule has 202 valence electrons. The summed E-state index contributed by atoms with van der Waals surface area (Å²) in [6, 6.07) is 15.9. The van der Waals surface area contributed by atoms with E-state index < -0.39 is 26.7 Å². The smallest absolute Gasteiger partial charge is 0.298 e. The standard InChI is InChI=1S/C27H23Cl2N3O6S/c1-3-15-11-21(29)26(39(35,36)37)22(12-15)31-32-24-18-8-6-5-7-16(18)13-19(25(24)33)27(34)30-17-9-10-23(38-4-2)20(28)14-17/h5-14,33H,3-4H2,1-2H3,(H,30,34)(H,35,36,37). The van der Waals surface area contributed by atoms with E-state index in [1.165, 1.54) is 24.3 Å². The Morgan fingerprint density at radius 2 is 1.74 bits per heavy atom. The molecule has 0 atom stereocenters. The predicted octanol–water partition coefficient (Wildman–Crippen LogP) is 7.73. The van der Waals surface area contributed by atoms with E-state index in [9.17, 15) is 22.9 Å². The molecule has 9 nitrogen and oxygen atoms in total. The van der Waals surface area contributed by atoms with Crippen molar-refractivity contribution in [2.45, 2.75) is 25.2 Å². The van der Waals surface area contributed by atoms with Crippen molar-refractivity contribution < 1.29 is 27.6 Å². The van der Waals surface area contributed by atoms with Gasteiger partial charge in [-0.05, 0) is 60.7 Å². The monoisotopic (exact) mass is 587 g/mol. The molecule has 0 aliphatic rings. The van der Waals surface area contributed by atoms with Gasteiger partial charge >= 0.3 is 0 Å². The lowest BCUT2D eigenvalue weighted by Crippen LogP contribution is -2.12. The van der Waals surface area contributed by atoms with Gasteiger partial charge in [0.25, 0.3) is 16.0 Å². The van der Waals surface area contributed by atoms with Gasteiger partial charge in [-0.3, -0.25) is 9.35 Å². The first-order valence-electron chi connectivity index (χ1n) is 11.7. The zero-order chi connectivity index (χ0) is 28.3. The second-order valence-electron chi connectivity index (χ2n) is 8.33. The third-order valence-corrected chi connectivity index (χ3v) is 7.39. The number of fused-ring (bicyclic) bond motifs is 1. The second kappa shape index (κ2) is 11.6. The molecular formula is C27H23Cl2N3O6S. The van der Waals surface area contributed by atoms with Crippen LogP contribution in [0.1, 0.15) is 29.8 Å². The van der Waals surface area contributed by atoms with Crippen LogP contribution in [0.3, 0.4) is 0 Å². The van der Waals surface area contributed by atoms with Crippen LogP contribution in [0, 0.1) is 0 Å². The summed E-state index contributed by atoms with van der Waals surface area (Å²) in [6.45, 7) is 4.08. The van der Waals surface area contributed by atoms with Gasteiger partial charge in [-0.1, -0.05) is 54.4 Å². The number of carbonyl (C=O) groups excluding carboxylic acids is 1. The van der Waals surface area contributed by atoms with Crippen LogP contribution in [-0.2, 0) is 16.5 Å². The molecule has 0 aromatic heterocycles. The number of rotatable bonds is 8. The molecule has 0 unspecified atom stereocenters. The summed E-state index contributed by atoms with van der Waals surface area (Å²) in [7, 11) is -4.74. The minimum Gasteiger partial charge on any atom is -0.505 e. The summed E-state index contributed by atoms with van der Waals surface area (Å²) in [5.74, 6) is -0.673. The SMILES string of the molecule is CCOc1ccc(NC(=O)c2cc3ccccc3c(N=Nc3cc(CC)cc(Cl)c3S(=O)(=O)O)c2O)cc1Cl. The van der Waals surface area contributed by atoms with E-state index >= 15 is 0 Å². The van der Waals surface area contributed by atoms with Gasteiger partial charge in [-0.25, -0.2) is 0 Å². The van der Waals surface area contributed by atoms with Crippen LogP contribution in [0.25, 0.3) is 10.8 Å². The number of azo groups is 1. The van der Waals surface area contributed by atoms with Gasteiger partial charge in [0, 0.05) is 11.1 Å². The molecule has 0 fully saturated rings. The number of anilines is 1. The van der Waals surface area contributed by atoms with Gasteiger partial charge in [0.15, 0.2) is 5.75 Å². The Kier molecular flexibility index (Phi) is 8.41. The highest BCUT2D eigenvalue weighted by atomic mass is 35.5. The molecule has 0 heterocycles. The van der Waals surface area contributed by atoms with Crippen molar-refractivity contribution in [3.63, 3.8) is 0 Å². The number of hydrogen-bond acceptors (Lipinski definition) is 7. The fourth-order valence-electron chi connectivity index (χ4n) is 3.91. The molecule has 3 N–H and O–H groups in total. The molecular weight excluding hydrogens is 565 g/mol. The number of phenols is 1. The molecule has 4 aromatic rings. The van der Waals surface area contributed by atoms with Crippen LogP contribution in [-0.4, -0.2) is 30.6 Å². The summed E-state index contributed by atoms with van der Waals surface area (Å²) in [5.41, 5.74) is 0.611. The Bertz CT molecular complexity index is 1720. The van der Waals surface area contributed by atoms with Gasteiger partial charge in [-0.15, -0.1) is 10.2 Å². The number of benzene rings is 4. The molecule has 0 spiro atoms. The number of hydrogen-bond donors (Lipinski definition) is 3. The first-order valence-corrected chi connectivity index (χ1v) is 13.9. The van der Waals surface area contributed by atoms with Crippen LogP contribution in [0.4, 0.5) is 17.1 Å². The minimum absolute atomic E-state index is 0.0812. The lowest BCUT2D eigenvalue weighted by molar-refractivity contribution is 0.102. The molecule has 4 aromatic carbocycles. The Morgan fingerprint density at radius 1 is 1.00 bits per heavy atom. The number of halogens is 2. The third kappa shape index (κ3) is 6.15. The molecule has 0 saturated carbocycles.